The van der Waals surface area contributed by atoms with Gasteiger partial charge in [0.05, 0.1) is 10.9 Å². The number of benzene rings is 1. The third-order valence-corrected chi connectivity index (χ3v) is 3.06. The molecule has 0 radical (unpaired) electrons. The van der Waals surface area contributed by atoms with Gasteiger partial charge in [0, 0.05) is 6.54 Å². The first-order valence-electron chi connectivity index (χ1n) is 5.36. The van der Waals surface area contributed by atoms with Gasteiger partial charge in [-0.2, -0.15) is 0 Å². The van der Waals surface area contributed by atoms with Crippen molar-refractivity contribution >= 4 is 10.9 Å². The molecule has 3 rings (SSSR count). The summed E-state index contributed by atoms with van der Waals surface area (Å²) < 4.78 is 1.58. The third kappa shape index (κ3) is 1.20. The quantitative estimate of drug-likeness (QED) is 0.718. The van der Waals surface area contributed by atoms with E-state index in [1.807, 2.05) is 25.1 Å². The van der Waals surface area contributed by atoms with Crippen LogP contribution in [0.5, 0.6) is 0 Å². The fourth-order valence-corrected chi connectivity index (χ4v) is 2.20. The lowest BCUT2D eigenvalue weighted by Crippen LogP contribution is -2.21. The van der Waals surface area contributed by atoms with Crippen LogP contribution in [0.3, 0.4) is 0 Å². The average Bonchev–Trinajstić information content (AvgIpc) is 2.63. The van der Waals surface area contributed by atoms with Crippen LogP contribution >= 0.6 is 0 Å². The molecule has 0 bridgehead atoms. The van der Waals surface area contributed by atoms with E-state index in [1.165, 1.54) is 0 Å². The zero-order valence-corrected chi connectivity index (χ0v) is 8.97. The summed E-state index contributed by atoms with van der Waals surface area (Å²) in [6.45, 7) is 2.51. The summed E-state index contributed by atoms with van der Waals surface area (Å²) in [5.74, 6) is 0.501. The molecule has 0 saturated heterocycles. The average molecular weight is 216 g/mol. The summed E-state index contributed by atoms with van der Waals surface area (Å²) in [5.41, 5.74) is 1.67. The minimum atomic E-state index is -0.599. The molecule has 0 saturated carbocycles. The van der Waals surface area contributed by atoms with Crippen molar-refractivity contribution in [2.24, 2.45) is 0 Å². The van der Waals surface area contributed by atoms with Crippen molar-refractivity contribution < 1.29 is 5.11 Å². The van der Waals surface area contributed by atoms with E-state index in [-0.39, 0.29) is 5.56 Å². The lowest BCUT2D eigenvalue weighted by molar-refractivity contribution is 0.176. The molecule has 1 aromatic carbocycles. The van der Waals surface area contributed by atoms with Gasteiger partial charge in [-0.25, -0.2) is 4.98 Å². The molecule has 1 aliphatic rings. The zero-order valence-electron chi connectivity index (χ0n) is 8.97. The van der Waals surface area contributed by atoms with E-state index in [9.17, 15) is 9.90 Å². The van der Waals surface area contributed by atoms with Gasteiger partial charge in [-0.05, 0) is 25.5 Å². The predicted octanol–water partition coefficient (Wildman–Crippen LogP) is 1.14. The fourth-order valence-electron chi connectivity index (χ4n) is 2.20. The summed E-state index contributed by atoms with van der Waals surface area (Å²) >= 11 is 0. The van der Waals surface area contributed by atoms with E-state index in [0.29, 0.717) is 29.7 Å². The zero-order chi connectivity index (χ0) is 11.3. The van der Waals surface area contributed by atoms with Crippen LogP contribution in [-0.2, 0) is 6.54 Å². The van der Waals surface area contributed by atoms with Gasteiger partial charge in [0.1, 0.15) is 11.9 Å². The van der Waals surface area contributed by atoms with E-state index in [1.54, 1.807) is 4.57 Å². The number of hydrogen-bond acceptors (Lipinski definition) is 3. The van der Waals surface area contributed by atoms with Crippen molar-refractivity contribution in [2.75, 3.05) is 0 Å². The van der Waals surface area contributed by atoms with Crippen LogP contribution in [0.1, 0.15) is 23.9 Å². The molecular weight excluding hydrogens is 204 g/mol. The molecule has 0 spiro atoms. The van der Waals surface area contributed by atoms with Crippen LogP contribution in [0, 0.1) is 6.92 Å². The Balaban J connectivity index is 2.44. The maximum Gasteiger partial charge on any atom is 0.261 e. The molecule has 1 aliphatic heterocycles. The molecule has 1 N–H and O–H groups in total. The van der Waals surface area contributed by atoms with Gasteiger partial charge in [0.15, 0.2) is 0 Å². The van der Waals surface area contributed by atoms with Gasteiger partial charge in [0.25, 0.3) is 5.56 Å². The van der Waals surface area contributed by atoms with Crippen LogP contribution < -0.4 is 5.56 Å². The van der Waals surface area contributed by atoms with Crippen molar-refractivity contribution in [1.82, 2.24) is 9.55 Å². The summed E-state index contributed by atoms with van der Waals surface area (Å²) in [4.78, 5) is 16.5. The molecule has 82 valence electrons. The predicted molar refractivity (Wildman–Crippen MR) is 60.3 cm³/mol. The normalized spacial score (nSPS) is 19.0. The Morgan fingerprint density at radius 3 is 3.12 bits per heavy atom. The second-order valence-corrected chi connectivity index (χ2v) is 4.25. The number of aliphatic hydroxyl groups excluding tert-OH is 1. The number of nitrogens with zero attached hydrogens (tertiary/aromatic N) is 2. The van der Waals surface area contributed by atoms with Crippen molar-refractivity contribution in [3.8, 4) is 0 Å². The van der Waals surface area contributed by atoms with E-state index >= 15 is 0 Å². The van der Waals surface area contributed by atoms with Gasteiger partial charge in [-0.1, -0.05) is 11.6 Å². The molecule has 0 fully saturated rings. The van der Waals surface area contributed by atoms with Crippen molar-refractivity contribution in [1.29, 1.82) is 0 Å². The number of fused-ring (bicyclic) bond motifs is 2. The third-order valence-electron chi connectivity index (χ3n) is 3.06. The Hall–Kier alpha value is -1.68. The van der Waals surface area contributed by atoms with Crippen LogP contribution in [0.2, 0.25) is 0 Å². The molecule has 2 aromatic rings. The molecule has 1 unspecified atom stereocenters. The molecule has 4 heteroatoms. The highest BCUT2D eigenvalue weighted by Crippen LogP contribution is 2.23. The number of rotatable bonds is 0. The molecule has 0 aliphatic carbocycles. The smallest absolute Gasteiger partial charge is 0.261 e. The van der Waals surface area contributed by atoms with E-state index in [2.05, 4.69) is 4.98 Å². The summed E-state index contributed by atoms with van der Waals surface area (Å²) in [5, 5.41) is 10.3. The molecule has 2 heterocycles. The topological polar surface area (TPSA) is 55.1 Å². The first kappa shape index (κ1) is 9.54. The van der Waals surface area contributed by atoms with Gasteiger partial charge in [-0.3, -0.25) is 9.36 Å². The molecule has 1 aromatic heterocycles. The Bertz CT molecular complexity index is 631. The maximum absolute atomic E-state index is 12.1. The van der Waals surface area contributed by atoms with Gasteiger partial charge < -0.3 is 5.11 Å². The Labute approximate surface area is 92.2 Å². The first-order valence-corrected chi connectivity index (χ1v) is 5.36. The summed E-state index contributed by atoms with van der Waals surface area (Å²) in [6, 6.07) is 5.60. The minimum absolute atomic E-state index is 0.0414. The molecule has 4 nitrogen and oxygen atoms in total. The molecule has 1 atom stereocenters. The van der Waals surface area contributed by atoms with Crippen molar-refractivity contribution in [3.63, 3.8) is 0 Å². The highest BCUT2D eigenvalue weighted by atomic mass is 16.3. The maximum atomic E-state index is 12.1. The van der Waals surface area contributed by atoms with E-state index in [0.717, 1.165) is 5.56 Å². The minimum Gasteiger partial charge on any atom is -0.385 e. The van der Waals surface area contributed by atoms with Gasteiger partial charge >= 0.3 is 0 Å². The number of aromatic nitrogens is 2. The molecule has 0 amide bonds. The van der Waals surface area contributed by atoms with Crippen LogP contribution in [-0.4, -0.2) is 14.7 Å². The number of hydrogen-bond donors (Lipinski definition) is 1. The second-order valence-electron chi connectivity index (χ2n) is 4.25. The first-order chi connectivity index (χ1) is 7.66. The summed E-state index contributed by atoms with van der Waals surface area (Å²) in [6.07, 6.45) is -0.0178. The van der Waals surface area contributed by atoms with Crippen LogP contribution in [0.15, 0.2) is 23.0 Å². The van der Waals surface area contributed by atoms with Crippen LogP contribution in [0.4, 0.5) is 0 Å². The Morgan fingerprint density at radius 2 is 2.31 bits per heavy atom. The van der Waals surface area contributed by atoms with Gasteiger partial charge in [-0.15, -0.1) is 0 Å². The Kier molecular flexibility index (Phi) is 1.88. The largest absolute Gasteiger partial charge is 0.385 e. The van der Waals surface area contributed by atoms with Crippen molar-refractivity contribution in [3.05, 3.63) is 39.9 Å². The molecule has 16 heavy (non-hydrogen) atoms. The fraction of sp³-hybridized carbons (Fsp3) is 0.333. The van der Waals surface area contributed by atoms with Crippen molar-refractivity contribution in [2.45, 2.75) is 26.0 Å². The Morgan fingerprint density at radius 1 is 1.50 bits per heavy atom. The number of aryl methyl sites for hydroxylation is 1. The standard InChI is InChI=1S/C12H12N2O2/c1-7-2-3-9-8(6-7)12(16)14-5-4-10(15)11(14)13-9/h2-3,6,10,15H,4-5H2,1H3. The summed E-state index contributed by atoms with van der Waals surface area (Å²) in [7, 11) is 0. The highest BCUT2D eigenvalue weighted by molar-refractivity contribution is 5.78. The monoisotopic (exact) mass is 216 g/mol. The SMILES string of the molecule is Cc1ccc2nc3n(c(=O)c2c1)CCC3O. The lowest BCUT2D eigenvalue weighted by atomic mass is 10.1. The van der Waals surface area contributed by atoms with Crippen LogP contribution in [0.25, 0.3) is 10.9 Å². The van der Waals surface area contributed by atoms with E-state index in [4.69, 9.17) is 0 Å². The van der Waals surface area contributed by atoms with E-state index < -0.39 is 6.10 Å². The highest BCUT2D eigenvalue weighted by Gasteiger charge is 2.23. The molecular formula is C12H12N2O2. The second kappa shape index (κ2) is 3.15. The van der Waals surface area contributed by atoms with Gasteiger partial charge in [0.2, 0.25) is 0 Å². The number of aliphatic hydroxyl groups is 1. The lowest BCUT2D eigenvalue weighted by Gasteiger charge is -2.06.